The zero-order valence-electron chi connectivity index (χ0n) is 18.2. The van der Waals surface area contributed by atoms with E-state index in [1.54, 1.807) is 4.90 Å². The summed E-state index contributed by atoms with van der Waals surface area (Å²) in [4.78, 5) is 27.4. The first-order chi connectivity index (χ1) is 14.2. The van der Waals surface area contributed by atoms with E-state index >= 15 is 0 Å². The predicted molar refractivity (Wildman–Crippen MR) is 119 cm³/mol. The Hall–Kier alpha value is -1.60. The molecule has 166 valence electrons. The summed E-state index contributed by atoms with van der Waals surface area (Å²) in [6, 6.07) is 8.28. The molecule has 7 heteroatoms. The topological polar surface area (TPSA) is 67.9 Å². The minimum atomic E-state index is -0.495. The number of nitrogens with zero attached hydrogens (tertiary/aromatic N) is 1. The van der Waals surface area contributed by atoms with Crippen molar-refractivity contribution < 1.29 is 19.1 Å². The summed E-state index contributed by atoms with van der Waals surface area (Å²) in [7, 11) is 0. The lowest BCUT2D eigenvalue weighted by Crippen LogP contribution is -2.53. The lowest BCUT2D eigenvalue weighted by molar-refractivity contribution is -0.137. The number of hydrogen-bond acceptors (Lipinski definition) is 4. The molecule has 0 atom stereocenters. The highest BCUT2D eigenvalue weighted by atomic mass is 79.9. The van der Waals surface area contributed by atoms with E-state index in [0.29, 0.717) is 32.7 Å². The predicted octanol–water partition coefficient (Wildman–Crippen LogP) is 4.30. The molecule has 2 saturated heterocycles. The molecule has 3 rings (SSSR count). The van der Waals surface area contributed by atoms with Gasteiger partial charge in [-0.25, -0.2) is 4.79 Å². The number of rotatable bonds is 4. The Morgan fingerprint density at radius 2 is 1.77 bits per heavy atom. The van der Waals surface area contributed by atoms with Crippen molar-refractivity contribution in [3.8, 4) is 0 Å². The molecule has 0 saturated carbocycles. The Morgan fingerprint density at radius 1 is 1.17 bits per heavy atom. The van der Waals surface area contributed by atoms with Crippen molar-refractivity contribution in [3.05, 3.63) is 34.3 Å². The molecule has 0 unspecified atom stereocenters. The zero-order chi connectivity index (χ0) is 21.8. The van der Waals surface area contributed by atoms with Crippen LogP contribution in [0.25, 0.3) is 0 Å². The maximum atomic E-state index is 13.4. The maximum absolute atomic E-state index is 13.4. The summed E-state index contributed by atoms with van der Waals surface area (Å²) in [5.74, 6) is 0.115. The molecular formula is C23H33BrN2O4. The molecule has 30 heavy (non-hydrogen) atoms. The van der Waals surface area contributed by atoms with Crippen molar-refractivity contribution in [3.63, 3.8) is 0 Å². The van der Waals surface area contributed by atoms with E-state index < -0.39 is 11.0 Å². The molecule has 1 N–H and O–H groups in total. The van der Waals surface area contributed by atoms with Crippen LogP contribution in [0.4, 0.5) is 4.79 Å². The van der Waals surface area contributed by atoms with Gasteiger partial charge in [-0.1, -0.05) is 28.1 Å². The number of ether oxygens (including phenoxy) is 2. The maximum Gasteiger partial charge on any atom is 0.410 e. The second-order valence-corrected chi connectivity index (χ2v) is 10.3. The highest BCUT2D eigenvalue weighted by molar-refractivity contribution is 9.10. The highest BCUT2D eigenvalue weighted by Crippen LogP contribution is 2.35. The Balaban J connectivity index is 1.59. The van der Waals surface area contributed by atoms with Crippen molar-refractivity contribution in [2.75, 3.05) is 26.3 Å². The Morgan fingerprint density at radius 3 is 2.33 bits per heavy atom. The molecule has 6 nitrogen and oxygen atoms in total. The van der Waals surface area contributed by atoms with Gasteiger partial charge in [0.05, 0.1) is 5.41 Å². The van der Waals surface area contributed by atoms with E-state index in [2.05, 4.69) is 33.4 Å². The minimum Gasteiger partial charge on any atom is -0.444 e. The van der Waals surface area contributed by atoms with Crippen LogP contribution in [0.2, 0.25) is 0 Å². The lowest BCUT2D eigenvalue weighted by Gasteiger charge is -2.39. The van der Waals surface area contributed by atoms with Gasteiger partial charge in [-0.2, -0.15) is 0 Å². The van der Waals surface area contributed by atoms with E-state index in [1.165, 1.54) is 0 Å². The fourth-order valence-corrected chi connectivity index (χ4v) is 4.37. The van der Waals surface area contributed by atoms with Crippen molar-refractivity contribution in [2.24, 2.45) is 5.41 Å². The third kappa shape index (κ3) is 6.20. The smallest absolute Gasteiger partial charge is 0.410 e. The first-order valence-electron chi connectivity index (χ1n) is 10.8. The summed E-state index contributed by atoms with van der Waals surface area (Å²) >= 11 is 3.47. The van der Waals surface area contributed by atoms with Gasteiger partial charge in [-0.05, 0) is 70.6 Å². The van der Waals surface area contributed by atoms with Gasteiger partial charge >= 0.3 is 6.09 Å². The van der Waals surface area contributed by atoms with Crippen molar-refractivity contribution in [1.82, 2.24) is 10.2 Å². The highest BCUT2D eigenvalue weighted by Gasteiger charge is 2.41. The van der Waals surface area contributed by atoms with Crippen LogP contribution in [0, 0.1) is 5.41 Å². The van der Waals surface area contributed by atoms with Gasteiger partial charge in [-0.3, -0.25) is 4.79 Å². The largest absolute Gasteiger partial charge is 0.444 e. The van der Waals surface area contributed by atoms with Crippen molar-refractivity contribution in [2.45, 2.75) is 64.5 Å². The standard InChI is InChI=1S/C23H33BrN2O4/c1-22(2,3)30-21(28)26-12-8-19(9-13-26)25-20(27)23(10-14-29-15-11-23)16-17-4-6-18(24)7-5-17/h4-7,19H,8-16H2,1-3H3,(H,25,27). The summed E-state index contributed by atoms with van der Waals surface area (Å²) in [5.41, 5.74) is 0.230. The van der Waals surface area contributed by atoms with Crippen LogP contribution >= 0.6 is 15.9 Å². The van der Waals surface area contributed by atoms with Crippen LogP contribution in [0.15, 0.2) is 28.7 Å². The quantitative estimate of drug-likeness (QED) is 0.697. The molecule has 0 aliphatic carbocycles. The minimum absolute atomic E-state index is 0.0841. The first-order valence-corrected chi connectivity index (χ1v) is 11.6. The molecule has 2 amide bonds. The number of hydrogen-bond donors (Lipinski definition) is 1. The molecular weight excluding hydrogens is 448 g/mol. The second-order valence-electron chi connectivity index (χ2n) is 9.41. The molecule has 0 aromatic heterocycles. The monoisotopic (exact) mass is 480 g/mol. The van der Waals surface area contributed by atoms with Gasteiger partial charge in [-0.15, -0.1) is 0 Å². The van der Waals surface area contributed by atoms with Crippen molar-refractivity contribution >= 4 is 27.9 Å². The van der Waals surface area contributed by atoms with E-state index in [1.807, 2.05) is 32.9 Å². The number of carbonyl (C=O) groups excluding carboxylic acids is 2. The van der Waals surface area contributed by atoms with Gasteiger partial charge in [0.15, 0.2) is 0 Å². The van der Waals surface area contributed by atoms with Gasteiger partial charge in [0.2, 0.25) is 5.91 Å². The lowest BCUT2D eigenvalue weighted by atomic mass is 9.74. The van der Waals surface area contributed by atoms with E-state index in [0.717, 1.165) is 35.7 Å². The number of amides is 2. The van der Waals surface area contributed by atoms with Gasteiger partial charge in [0.25, 0.3) is 0 Å². The average Bonchev–Trinajstić information content (AvgIpc) is 2.70. The Bertz CT molecular complexity index is 731. The normalized spacial score (nSPS) is 19.9. The van der Waals surface area contributed by atoms with E-state index in [4.69, 9.17) is 9.47 Å². The number of carbonyl (C=O) groups is 2. The third-order valence-corrected chi connectivity index (χ3v) is 6.40. The first kappa shape index (κ1) is 23.1. The molecule has 0 bridgehead atoms. The third-order valence-electron chi connectivity index (χ3n) is 5.87. The van der Waals surface area contributed by atoms with Crippen LogP contribution in [0.1, 0.15) is 52.0 Å². The van der Waals surface area contributed by atoms with Gasteiger partial charge in [0.1, 0.15) is 5.60 Å². The number of likely N-dealkylation sites (tertiary alicyclic amines) is 1. The molecule has 2 aliphatic rings. The molecule has 0 spiro atoms. The number of benzene rings is 1. The fourth-order valence-electron chi connectivity index (χ4n) is 4.11. The number of nitrogens with one attached hydrogen (secondary N) is 1. The van der Waals surface area contributed by atoms with Gasteiger partial charge < -0.3 is 19.7 Å². The molecule has 1 aromatic carbocycles. The molecule has 2 heterocycles. The fraction of sp³-hybridized carbons (Fsp3) is 0.652. The zero-order valence-corrected chi connectivity index (χ0v) is 19.8. The SMILES string of the molecule is CC(C)(C)OC(=O)N1CCC(NC(=O)C2(Cc3ccc(Br)cc3)CCOCC2)CC1. The summed E-state index contributed by atoms with van der Waals surface area (Å²) in [5, 5.41) is 3.29. The van der Waals surface area contributed by atoms with Crippen LogP contribution in [-0.4, -0.2) is 54.8 Å². The summed E-state index contributed by atoms with van der Waals surface area (Å²) < 4.78 is 12.1. The van der Waals surface area contributed by atoms with Gasteiger partial charge in [0, 0.05) is 36.8 Å². The van der Waals surface area contributed by atoms with Crippen LogP contribution in [-0.2, 0) is 20.7 Å². The average molecular weight is 481 g/mol. The summed E-state index contributed by atoms with van der Waals surface area (Å²) in [6.45, 7) is 8.04. The van der Waals surface area contributed by atoms with Crippen molar-refractivity contribution in [1.29, 1.82) is 0 Å². The van der Waals surface area contributed by atoms with Crippen LogP contribution < -0.4 is 5.32 Å². The summed E-state index contributed by atoms with van der Waals surface area (Å²) in [6.07, 6.45) is 3.39. The Labute approximate surface area is 187 Å². The molecule has 1 aromatic rings. The number of piperidine rings is 1. The molecule has 0 radical (unpaired) electrons. The van der Waals surface area contributed by atoms with Crippen LogP contribution in [0.3, 0.4) is 0 Å². The second kappa shape index (κ2) is 9.69. The number of halogens is 1. The molecule has 2 aliphatic heterocycles. The molecule has 2 fully saturated rings. The van der Waals surface area contributed by atoms with E-state index in [9.17, 15) is 9.59 Å². The van der Waals surface area contributed by atoms with Crippen LogP contribution in [0.5, 0.6) is 0 Å². The Kier molecular flexibility index (Phi) is 7.45. The van der Waals surface area contributed by atoms with E-state index in [-0.39, 0.29) is 18.0 Å².